The highest BCUT2D eigenvalue weighted by Crippen LogP contribution is 2.31. The number of carbonyl (C=O) groups is 1. The second kappa shape index (κ2) is 5.83. The van der Waals surface area contributed by atoms with E-state index >= 15 is 0 Å². The number of anilines is 1. The van der Waals surface area contributed by atoms with E-state index in [1.165, 1.54) is 6.07 Å². The van der Waals surface area contributed by atoms with Crippen molar-refractivity contribution in [1.29, 1.82) is 0 Å². The van der Waals surface area contributed by atoms with E-state index < -0.39 is 5.82 Å². The van der Waals surface area contributed by atoms with Gasteiger partial charge in [0.1, 0.15) is 16.8 Å². The largest absolute Gasteiger partial charge is 0.310 e. The number of halogens is 2. The Bertz CT molecular complexity index is 956. The molecule has 0 saturated heterocycles. The van der Waals surface area contributed by atoms with E-state index in [-0.39, 0.29) is 17.0 Å². The molecule has 1 aromatic carbocycles. The Morgan fingerprint density at radius 2 is 1.96 bits per heavy atom. The lowest BCUT2D eigenvalue weighted by atomic mass is 10.0. The third-order valence-electron chi connectivity index (χ3n) is 4.04. The van der Waals surface area contributed by atoms with Gasteiger partial charge in [0.05, 0.1) is 6.20 Å². The number of pyridine rings is 2. The van der Waals surface area contributed by atoms with Crippen LogP contribution in [0.5, 0.6) is 0 Å². The fourth-order valence-electron chi connectivity index (χ4n) is 2.58. The molecule has 0 unspecified atom stereocenters. The average molecular weight is 342 g/mol. The lowest BCUT2D eigenvalue weighted by Crippen LogP contribution is -2.14. The van der Waals surface area contributed by atoms with Gasteiger partial charge >= 0.3 is 0 Å². The topological polar surface area (TPSA) is 54.9 Å². The summed E-state index contributed by atoms with van der Waals surface area (Å²) in [5, 5.41) is 4.88. The van der Waals surface area contributed by atoms with E-state index in [0.717, 1.165) is 35.4 Å². The first-order valence-electron chi connectivity index (χ1n) is 7.62. The van der Waals surface area contributed by atoms with Gasteiger partial charge < -0.3 is 5.32 Å². The van der Waals surface area contributed by atoms with Gasteiger partial charge in [-0.15, -0.1) is 0 Å². The molecule has 3 aromatic rings. The molecule has 2 heterocycles. The summed E-state index contributed by atoms with van der Waals surface area (Å²) in [5.74, 6) is 0.256. The van der Waals surface area contributed by atoms with Crippen LogP contribution in [0.1, 0.15) is 12.8 Å². The van der Waals surface area contributed by atoms with Gasteiger partial charge in [-0.25, -0.2) is 14.4 Å². The van der Waals surface area contributed by atoms with E-state index in [1.54, 1.807) is 6.20 Å². The van der Waals surface area contributed by atoms with Gasteiger partial charge in [0.25, 0.3) is 0 Å². The summed E-state index contributed by atoms with van der Waals surface area (Å²) in [6, 6.07) is 8.79. The molecule has 0 spiro atoms. The van der Waals surface area contributed by atoms with Crippen LogP contribution in [0.2, 0.25) is 5.15 Å². The number of nitrogens with one attached hydrogen (secondary N) is 1. The summed E-state index contributed by atoms with van der Waals surface area (Å²) in [5.41, 5.74) is 1.29. The quantitative estimate of drug-likeness (QED) is 0.717. The van der Waals surface area contributed by atoms with Gasteiger partial charge in [-0.05, 0) is 42.0 Å². The molecule has 2 aromatic heterocycles. The Hall–Kier alpha value is -2.53. The van der Waals surface area contributed by atoms with Gasteiger partial charge in [-0.1, -0.05) is 23.7 Å². The number of rotatable bonds is 3. The molecule has 0 radical (unpaired) electrons. The summed E-state index contributed by atoms with van der Waals surface area (Å²) in [6.45, 7) is 0. The van der Waals surface area contributed by atoms with Gasteiger partial charge in [-0.3, -0.25) is 4.79 Å². The van der Waals surface area contributed by atoms with Crippen LogP contribution in [0, 0.1) is 11.7 Å². The number of nitrogens with zero attached hydrogens (tertiary/aromatic N) is 2. The molecule has 0 bridgehead atoms. The van der Waals surface area contributed by atoms with Crippen molar-refractivity contribution in [2.45, 2.75) is 12.8 Å². The number of hydrogen-bond acceptors (Lipinski definition) is 3. The molecule has 1 fully saturated rings. The molecule has 6 heteroatoms. The molecule has 120 valence electrons. The van der Waals surface area contributed by atoms with Crippen molar-refractivity contribution in [3.63, 3.8) is 0 Å². The van der Waals surface area contributed by atoms with Gasteiger partial charge in [-0.2, -0.15) is 0 Å². The number of aromatic nitrogens is 2. The van der Waals surface area contributed by atoms with Gasteiger partial charge in [0.15, 0.2) is 0 Å². The third kappa shape index (κ3) is 2.95. The van der Waals surface area contributed by atoms with Gasteiger partial charge in [0.2, 0.25) is 5.91 Å². The molecule has 1 saturated carbocycles. The zero-order chi connectivity index (χ0) is 16.7. The Kier molecular flexibility index (Phi) is 3.65. The van der Waals surface area contributed by atoms with E-state index in [4.69, 9.17) is 11.6 Å². The minimum atomic E-state index is -0.439. The molecule has 1 amide bonds. The molecule has 0 atom stereocenters. The van der Waals surface area contributed by atoms with E-state index in [9.17, 15) is 9.18 Å². The SMILES string of the molecule is O=C(Nc1cc2ccc(-c3cc(F)cnc3Cl)cc2cn1)C1CC1. The van der Waals surface area contributed by atoms with Gasteiger partial charge in [0, 0.05) is 23.1 Å². The maximum Gasteiger partial charge on any atom is 0.228 e. The Balaban J connectivity index is 1.68. The summed E-state index contributed by atoms with van der Waals surface area (Å²) in [4.78, 5) is 19.9. The van der Waals surface area contributed by atoms with Crippen LogP contribution in [0.15, 0.2) is 42.7 Å². The maximum absolute atomic E-state index is 13.4. The maximum atomic E-state index is 13.4. The summed E-state index contributed by atoms with van der Waals surface area (Å²) >= 11 is 6.06. The number of carbonyl (C=O) groups excluding carboxylic acids is 1. The number of fused-ring (bicyclic) bond motifs is 1. The van der Waals surface area contributed by atoms with Crippen molar-refractivity contribution in [2.75, 3.05) is 5.32 Å². The number of amides is 1. The van der Waals surface area contributed by atoms with Crippen LogP contribution < -0.4 is 5.32 Å². The second-order valence-corrected chi connectivity index (χ2v) is 6.24. The van der Waals surface area contributed by atoms with Crippen molar-refractivity contribution in [3.8, 4) is 11.1 Å². The van der Waals surface area contributed by atoms with Crippen LogP contribution >= 0.6 is 11.6 Å². The molecule has 0 aliphatic heterocycles. The second-order valence-electron chi connectivity index (χ2n) is 5.89. The van der Waals surface area contributed by atoms with Crippen LogP contribution in [-0.4, -0.2) is 15.9 Å². The summed E-state index contributed by atoms with van der Waals surface area (Å²) in [6.07, 6.45) is 4.67. The monoisotopic (exact) mass is 341 g/mol. The first kappa shape index (κ1) is 15.0. The normalized spacial score (nSPS) is 13.9. The molecule has 1 aliphatic carbocycles. The van der Waals surface area contributed by atoms with Crippen molar-refractivity contribution < 1.29 is 9.18 Å². The van der Waals surface area contributed by atoms with Crippen molar-refractivity contribution in [3.05, 3.63) is 53.7 Å². The fraction of sp³-hybridized carbons (Fsp3) is 0.167. The highest BCUT2D eigenvalue weighted by molar-refractivity contribution is 6.32. The van der Waals surface area contributed by atoms with Crippen molar-refractivity contribution in [1.82, 2.24) is 9.97 Å². The van der Waals surface area contributed by atoms with Crippen molar-refractivity contribution >= 4 is 34.1 Å². The molecule has 1 aliphatic rings. The summed E-state index contributed by atoms with van der Waals surface area (Å²) < 4.78 is 13.4. The van der Waals surface area contributed by atoms with E-state index in [0.29, 0.717) is 11.4 Å². The van der Waals surface area contributed by atoms with Crippen LogP contribution in [0.25, 0.3) is 21.9 Å². The first-order chi connectivity index (χ1) is 11.6. The van der Waals surface area contributed by atoms with Crippen LogP contribution in [-0.2, 0) is 4.79 Å². The van der Waals surface area contributed by atoms with E-state index in [2.05, 4.69) is 15.3 Å². The highest BCUT2D eigenvalue weighted by Gasteiger charge is 2.29. The zero-order valence-electron chi connectivity index (χ0n) is 12.6. The van der Waals surface area contributed by atoms with Crippen molar-refractivity contribution in [2.24, 2.45) is 5.92 Å². The Morgan fingerprint density at radius 3 is 2.75 bits per heavy atom. The standard InChI is InChI=1S/C18H13ClFN3O/c19-17-15(7-14(20)9-22-17)12-4-3-11-6-16(21-8-13(11)5-12)23-18(24)10-1-2-10/h3-10H,1-2H2,(H,21,23,24). The molecular formula is C18H13ClFN3O. The van der Waals surface area contributed by atoms with Crippen LogP contribution in [0.4, 0.5) is 10.2 Å². The Labute approximate surface area is 142 Å². The predicted octanol–water partition coefficient (Wildman–Crippen LogP) is 4.44. The minimum absolute atomic E-state index is 0.0242. The summed E-state index contributed by atoms with van der Waals surface area (Å²) in [7, 11) is 0. The highest BCUT2D eigenvalue weighted by atomic mass is 35.5. The smallest absolute Gasteiger partial charge is 0.228 e. The molecule has 24 heavy (non-hydrogen) atoms. The molecule has 4 rings (SSSR count). The first-order valence-corrected chi connectivity index (χ1v) is 8.00. The van der Waals surface area contributed by atoms with E-state index in [1.807, 2.05) is 24.3 Å². The minimum Gasteiger partial charge on any atom is -0.310 e. The predicted molar refractivity (Wildman–Crippen MR) is 91.3 cm³/mol. The third-order valence-corrected chi connectivity index (χ3v) is 4.34. The molecule has 4 nitrogen and oxygen atoms in total. The lowest BCUT2D eigenvalue weighted by molar-refractivity contribution is -0.117. The number of benzene rings is 1. The fourth-order valence-corrected chi connectivity index (χ4v) is 2.79. The molecule has 1 N–H and O–H groups in total. The Morgan fingerprint density at radius 1 is 1.12 bits per heavy atom. The molecular weight excluding hydrogens is 329 g/mol. The van der Waals surface area contributed by atoms with Crippen LogP contribution in [0.3, 0.4) is 0 Å². The average Bonchev–Trinajstić information content (AvgIpc) is 3.42. The number of hydrogen-bond donors (Lipinski definition) is 1. The zero-order valence-corrected chi connectivity index (χ0v) is 13.3. The lowest BCUT2D eigenvalue weighted by Gasteiger charge is -2.08.